The van der Waals surface area contributed by atoms with E-state index in [1.807, 2.05) is 11.8 Å². The number of ether oxygens (including phenoxy) is 2. The maximum Gasteiger partial charge on any atom is 0.0616 e. The first-order valence-corrected chi connectivity index (χ1v) is 7.95. The lowest BCUT2D eigenvalue weighted by molar-refractivity contribution is 0.0571. The average molecular weight is 261 g/mol. The van der Waals surface area contributed by atoms with Gasteiger partial charge in [-0.25, -0.2) is 0 Å². The van der Waals surface area contributed by atoms with Gasteiger partial charge in [0.15, 0.2) is 0 Å². The molecule has 102 valence electrons. The van der Waals surface area contributed by atoms with E-state index in [4.69, 9.17) is 9.47 Å². The number of hydrogen-bond donors (Lipinski definition) is 1. The lowest BCUT2D eigenvalue weighted by Gasteiger charge is -2.32. The van der Waals surface area contributed by atoms with E-state index in [9.17, 15) is 0 Å². The fraction of sp³-hybridized carbons (Fsp3) is 1.00. The van der Waals surface area contributed by atoms with Crippen molar-refractivity contribution in [2.75, 3.05) is 45.4 Å². The first-order valence-electron chi connectivity index (χ1n) is 6.55. The highest BCUT2D eigenvalue weighted by atomic mass is 32.2. The SMILES string of the molecule is COCCNCC1(CCCSC)CCOC1C. The summed E-state index contributed by atoms with van der Waals surface area (Å²) < 4.78 is 10.8. The second-order valence-electron chi connectivity index (χ2n) is 4.89. The Hall–Kier alpha value is 0.230. The number of nitrogens with one attached hydrogen (secondary N) is 1. The predicted molar refractivity (Wildman–Crippen MR) is 74.8 cm³/mol. The van der Waals surface area contributed by atoms with Crippen LogP contribution in [0.2, 0.25) is 0 Å². The second-order valence-corrected chi connectivity index (χ2v) is 5.88. The standard InChI is InChI=1S/C13H27NO2S/c1-12-13(6-8-16-12,5-4-10-17-3)11-14-7-9-15-2/h12,14H,4-11H2,1-3H3. The van der Waals surface area contributed by atoms with Crippen molar-refractivity contribution >= 4 is 11.8 Å². The Morgan fingerprint density at radius 2 is 2.35 bits per heavy atom. The van der Waals surface area contributed by atoms with Gasteiger partial charge in [-0.1, -0.05) is 0 Å². The molecule has 1 aliphatic heterocycles. The highest BCUT2D eigenvalue weighted by molar-refractivity contribution is 7.98. The third-order valence-corrected chi connectivity index (χ3v) is 4.51. The van der Waals surface area contributed by atoms with Gasteiger partial charge in [0.05, 0.1) is 12.7 Å². The second kappa shape index (κ2) is 8.35. The van der Waals surface area contributed by atoms with Gasteiger partial charge in [0, 0.05) is 32.2 Å². The zero-order valence-electron chi connectivity index (χ0n) is 11.5. The molecule has 0 spiro atoms. The molecule has 1 N–H and O–H groups in total. The Labute approximate surface area is 110 Å². The van der Waals surface area contributed by atoms with Crippen molar-refractivity contribution in [3.63, 3.8) is 0 Å². The van der Waals surface area contributed by atoms with Gasteiger partial charge in [-0.05, 0) is 38.2 Å². The number of rotatable bonds is 9. The van der Waals surface area contributed by atoms with Crippen LogP contribution >= 0.6 is 11.8 Å². The minimum Gasteiger partial charge on any atom is -0.383 e. The summed E-state index contributed by atoms with van der Waals surface area (Å²) in [6.45, 7) is 5.94. The van der Waals surface area contributed by atoms with Crippen LogP contribution in [-0.4, -0.2) is 51.5 Å². The minimum absolute atomic E-state index is 0.351. The van der Waals surface area contributed by atoms with Crippen molar-refractivity contribution in [2.24, 2.45) is 5.41 Å². The van der Waals surface area contributed by atoms with Crippen LogP contribution in [0.5, 0.6) is 0 Å². The van der Waals surface area contributed by atoms with Gasteiger partial charge in [0.2, 0.25) is 0 Å². The maximum absolute atomic E-state index is 5.78. The normalized spacial score (nSPS) is 28.8. The Kier molecular flexibility index (Phi) is 7.51. The summed E-state index contributed by atoms with van der Waals surface area (Å²) >= 11 is 1.94. The molecule has 0 aliphatic carbocycles. The quantitative estimate of drug-likeness (QED) is 0.644. The van der Waals surface area contributed by atoms with Crippen LogP contribution < -0.4 is 5.32 Å². The molecule has 0 aromatic rings. The monoisotopic (exact) mass is 261 g/mol. The minimum atomic E-state index is 0.351. The van der Waals surface area contributed by atoms with Gasteiger partial charge < -0.3 is 14.8 Å². The van der Waals surface area contributed by atoms with E-state index in [0.29, 0.717) is 11.5 Å². The molecular formula is C13H27NO2S. The fourth-order valence-electron chi connectivity index (χ4n) is 2.55. The summed E-state index contributed by atoms with van der Waals surface area (Å²) in [6.07, 6.45) is 6.33. The predicted octanol–water partition coefficient (Wildman–Crippen LogP) is 2.16. The summed E-state index contributed by atoms with van der Waals surface area (Å²) in [4.78, 5) is 0. The highest BCUT2D eigenvalue weighted by Crippen LogP contribution is 2.38. The Morgan fingerprint density at radius 3 is 2.94 bits per heavy atom. The van der Waals surface area contributed by atoms with E-state index >= 15 is 0 Å². The van der Waals surface area contributed by atoms with Crippen LogP contribution in [0.25, 0.3) is 0 Å². The van der Waals surface area contributed by atoms with Gasteiger partial charge in [0.1, 0.15) is 0 Å². The molecule has 4 heteroatoms. The van der Waals surface area contributed by atoms with Gasteiger partial charge in [0.25, 0.3) is 0 Å². The van der Waals surface area contributed by atoms with Crippen molar-refractivity contribution in [1.29, 1.82) is 0 Å². The summed E-state index contributed by atoms with van der Waals surface area (Å²) in [5.41, 5.74) is 0.351. The van der Waals surface area contributed by atoms with Crippen LogP contribution in [0.3, 0.4) is 0 Å². The van der Waals surface area contributed by atoms with Crippen molar-refractivity contribution in [1.82, 2.24) is 5.32 Å². The zero-order valence-corrected chi connectivity index (χ0v) is 12.3. The van der Waals surface area contributed by atoms with Gasteiger partial charge in [-0.3, -0.25) is 0 Å². The molecule has 17 heavy (non-hydrogen) atoms. The molecule has 1 saturated heterocycles. The molecular weight excluding hydrogens is 234 g/mol. The Morgan fingerprint density at radius 1 is 1.53 bits per heavy atom. The molecule has 1 heterocycles. The van der Waals surface area contributed by atoms with Gasteiger partial charge in [-0.2, -0.15) is 11.8 Å². The number of methoxy groups -OCH3 is 1. The topological polar surface area (TPSA) is 30.5 Å². The van der Waals surface area contributed by atoms with Crippen LogP contribution in [-0.2, 0) is 9.47 Å². The number of hydrogen-bond acceptors (Lipinski definition) is 4. The molecule has 0 radical (unpaired) electrons. The molecule has 0 bridgehead atoms. The summed E-state index contributed by atoms with van der Waals surface area (Å²) in [5.74, 6) is 1.26. The molecule has 0 saturated carbocycles. The zero-order chi connectivity index (χ0) is 12.6. The highest BCUT2D eigenvalue weighted by Gasteiger charge is 2.40. The Bertz CT molecular complexity index is 204. The molecule has 0 aromatic heterocycles. The summed E-state index contributed by atoms with van der Waals surface area (Å²) in [7, 11) is 1.75. The van der Waals surface area contributed by atoms with E-state index in [1.165, 1.54) is 25.0 Å². The van der Waals surface area contributed by atoms with Crippen molar-refractivity contribution in [2.45, 2.75) is 32.3 Å². The van der Waals surface area contributed by atoms with Crippen LogP contribution in [0.4, 0.5) is 0 Å². The molecule has 1 fully saturated rings. The van der Waals surface area contributed by atoms with Crippen LogP contribution in [0, 0.1) is 5.41 Å². The van der Waals surface area contributed by atoms with Gasteiger partial charge in [-0.15, -0.1) is 0 Å². The van der Waals surface area contributed by atoms with E-state index < -0.39 is 0 Å². The van der Waals surface area contributed by atoms with E-state index in [1.54, 1.807) is 7.11 Å². The lowest BCUT2D eigenvalue weighted by Crippen LogP contribution is -2.40. The molecule has 0 aromatic carbocycles. The number of thioether (sulfide) groups is 1. The molecule has 1 aliphatic rings. The van der Waals surface area contributed by atoms with Crippen LogP contribution in [0.15, 0.2) is 0 Å². The first kappa shape index (κ1) is 15.3. The smallest absolute Gasteiger partial charge is 0.0616 e. The first-order chi connectivity index (χ1) is 8.25. The van der Waals surface area contributed by atoms with Crippen molar-refractivity contribution in [3.8, 4) is 0 Å². The van der Waals surface area contributed by atoms with Crippen molar-refractivity contribution in [3.05, 3.63) is 0 Å². The third kappa shape index (κ3) is 4.78. The van der Waals surface area contributed by atoms with Crippen LogP contribution in [0.1, 0.15) is 26.2 Å². The maximum atomic E-state index is 5.78. The largest absolute Gasteiger partial charge is 0.383 e. The van der Waals surface area contributed by atoms with Gasteiger partial charge >= 0.3 is 0 Å². The molecule has 2 atom stereocenters. The molecule has 0 amide bonds. The van der Waals surface area contributed by atoms with E-state index in [-0.39, 0.29) is 0 Å². The van der Waals surface area contributed by atoms with E-state index in [2.05, 4.69) is 18.5 Å². The molecule has 3 nitrogen and oxygen atoms in total. The summed E-state index contributed by atoms with van der Waals surface area (Å²) in [6, 6.07) is 0. The lowest BCUT2D eigenvalue weighted by atomic mass is 9.77. The third-order valence-electron chi connectivity index (χ3n) is 3.81. The van der Waals surface area contributed by atoms with Crippen molar-refractivity contribution < 1.29 is 9.47 Å². The fourth-order valence-corrected chi connectivity index (χ4v) is 2.98. The average Bonchev–Trinajstić information content (AvgIpc) is 2.68. The molecule has 2 unspecified atom stereocenters. The Balaban J connectivity index is 2.36. The summed E-state index contributed by atoms with van der Waals surface area (Å²) in [5, 5.41) is 3.51. The van der Waals surface area contributed by atoms with E-state index in [0.717, 1.165) is 26.3 Å². The molecule has 1 rings (SSSR count).